The van der Waals surface area contributed by atoms with Gasteiger partial charge in [-0.05, 0) is 37.4 Å². The maximum atomic E-state index is 4.36. The van der Waals surface area contributed by atoms with Crippen molar-refractivity contribution in [1.29, 1.82) is 0 Å². The van der Waals surface area contributed by atoms with Gasteiger partial charge in [0, 0.05) is 17.6 Å². The van der Waals surface area contributed by atoms with Gasteiger partial charge in [-0.2, -0.15) is 0 Å². The van der Waals surface area contributed by atoms with Gasteiger partial charge in [0.1, 0.15) is 0 Å². The lowest BCUT2D eigenvalue weighted by Crippen LogP contribution is -2.16. The smallest absolute Gasteiger partial charge is 0.0925 e. The van der Waals surface area contributed by atoms with Crippen molar-refractivity contribution in [3.8, 4) is 0 Å². The molecule has 1 heterocycles. The molecule has 1 N–H and O–H groups in total. The standard InChI is InChI=1S/C15H20N2S/c1-3-15-17-11-14(18-15)10-16-9-8-13-7-5-4-6-12(13)2/h4-7,11,16H,3,8-10H2,1-2H3. The Kier molecular flexibility index (Phi) is 4.90. The van der Waals surface area contributed by atoms with E-state index < -0.39 is 0 Å². The van der Waals surface area contributed by atoms with Crippen molar-refractivity contribution in [3.05, 3.63) is 51.5 Å². The molecule has 18 heavy (non-hydrogen) atoms. The molecule has 1 aromatic heterocycles. The SMILES string of the molecule is CCc1ncc(CNCCc2ccccc2C)s1. The molecule has 0 spiro atoms. The molecule has 0 saturated heterocycles. The van der Waals surface area contributed by atoms with Gasteiger partial charge in [0.05, 0.1) is 5.01 Å². The molecule has 0 fully saturated rings. The molecule has 96 valence electrons. The first kappa shape index (κ1) is 13.2. The Morgan fingerprint density at radius 1 is 1.28 bits per heavy atom. The van der Waals surface area contributed by atoms with Gasteiger partial charge in [-0.1, -0.05) is 31.2 Å². The molecular weight excluding hydrogens is 240 g/mol. The molecule has 2 aromatic rings. The van der Waals surface area contributed by atoms with E-state index in [0.29, 0.717) is 0 Å². The van der Waals surface area contributed by atoms with Crippen LogP contribution < -0.4 is 5.32 Å². The fourth-order valence-corrected chi connectivity index (χ4v) is 2.75. The van der Waals surface area contributed by atoms with E-state index in [9.17, 15) is 0 Å². The number of hydrogen-bond donors (Lipinski definition) is 1. The molecule has 0 unspecified atom stereocenters. The minimum Gasteiger partial charge on any atom is -0.311 e. The van der Waals surface area contributed by atoms with Crippen molar-refractivity contribution < 1.29 is 0 Å². The Morgan fingerprint density at radius 2 is 2.11 bits per heavy atom. The lowest BCUT2D eigenvalue weighted by Gasteiger charge is -2.06. The number of benzene rings is 1. The van der Waals surface area contributed by atoms with Crippen molar-refractivity contribution in [3.63, 3.8) is 0 Å². The van der Waals surface area contributed by atoms with Crippen LogP contribution in [-0.4, -0.2) is 11.5 Å². The fraction of sp³-hybridized carbons (Fsp3) is 0.400. The van der Waals surface area contributed by atoms with Crippen LogP contribution in [0.15, 0.2) is 30.5 Å². The number of aryl methyl sites for hydroxylation is 2. The Balaban J connectivity index is 1.74. The van der Waals surface area contributed by atoms with Crippen LogP contribution in [0.25, 0.3) is 0 Å². The van der Waals surface area contributed by atoms with E-state index in [-0.39, 0.29) is 0 Å². The zero-order valence-electron chi connectivity index (χ0n) is 11.1. The summed E-state index contributed by atoms with van der Waals surface area (Å²) in [6, 6.07) is 8.58. The van der Waals surface area contributed by atoms with Gasteiger partial charge >= 0.3 is 0 Å². The summed E-state index contributed by atoms with van der Waals surface area (Å²) in [4.78, 5) is 5.69. The average Bonchev–Trinajstić information content (AvgIpc) is 2.84. The number of nitrogens with zero attached hydrogens (tertiary/aromatic N) is 1. The highest BCUT2D eigenvalue weighted by atomic mass is 32.1. The number of thiazole rings is 1. The van der Waals surface area contributed by atoms with Crippen LogP contribution >= 0.6 is 11.3 Å². The van der Waals surface area contributed by atoms with Gasteiger partial charge in [-0.3, -0.25) is 0 Å². The van der Waals surface area contributed by atoms with E-state index >= 15 is 0 Å². The molecule has 0 radical (unpaired) electrons. The maximum absolute atomic E-state index is 4.36. The van der Waals surface area contributed by atoms with E-state index in [1.165, 1.54) is 21.0 Å². The average molecular weight is 260 g/mol. The first-order valence-corrected chi connectivity index (χ1v) is 7.30. The molecule has 0 atom stereocenters. The number of hydrogen-bond acceptors (Lipinski definition) is 3. The summed E-state index contributed by atoms with van der Waals surface area (Å²) in [5.74, 6) is 0. The second kappa shape index (κ2) is 6.66. The summed E-state index contributed by atoms with van der Waals surface area (Å²) in [6.07, 6.45) is 4.12. The van der Waals surface area contributed by atoms with E-state index in [4.69, 9.17) is 0 Å². The highest BCUT2D eigenvalue weighted by Gasteiger charge is 2.00. The monoisotopic (exact) mass is 260 g/mol. The molecule has 0 saturated carbocycles. The van der Waals surface area contributed by atoms with Gasteiger partial charge in [-0.15, -0.1) is 11.3 Å². The van der Waals surface area contributed by atoms with Gasteiger partial charge in [0.15, 0.2) is 0 Å². The van der Waals surface area contributed by atoms with E-state index in [0.717, 1.165) is 25.9 Å². The molecule has 0 aliphatic rings. The van der Waals surface area contributed by atoms with Crippen molar-refractivity contribution >= 4 is 11.3 Å². The van der Waals surface area contributed by atoms with Crippen LogP contribution in [0.3, 0.4) is 0 Å². The van der Waals surface area contributed by atoms with Crippen LogP contribution in [0.5, 0.6) is 0 Å². The van der Waals surface area contributed by atoms with Crippen molar-refractivity contribution in [1.82, 2.24) is 10.3 Å². The zero-order valence-corrected chi connectivity index (χ0v) is 11.9. The second-order valence-electron chi connectivity index (χ2n) is 4.43. The lowest BCUT2D eigenvalue weighted by molar-refractivity contribution is 0.691. The number of nitrogens with one attached hydrogen (secondary N) is 1. The van der Waals surface area contributed by atoms with Crippen molar-refractivity contribution in [2.24, 2.45) is 0 Å². The van der Waals surface area contributed by atoms with Gasteiger partial charge in [0.2, 0.25) is 0 Å². The third-order valence-corrected chi connectivity index (χ3v) is 4.18. The minimum absolute atomic E-state index is 0.934. The Labute approximate surface area is 113 Å². The fourth-order valence-electron chi connectivity index (χ4n) is 1.92. The quantitative estimate of drug-likeness (QED) is 0.806. The summed E-state index contributed by atoms with van der Waals surface area (Å²) in [6.45, 7) is 6.27. The van der Waals surface area contributed by atoms with Gasteiger partial charge in [-0.25, -0.2) is 4.98 Å². The summed E-state index contributed by atoms with van der Waals surface area (Å²) >= 11 is 1.81. The Morgan fingerprint density at radius 3 is 2.83 bits per heavy atom. The minimum atomic E-state index is 0.934. The van der Waals surface area contributed by atoms with Crippen LogP contribution in [0.4, 0.5) is 0 Å². The molecule has 3 heteroatoms. The normalized spacial score (nSPS) is 10.8. The first-order chi connectivity index (χ1) is 8.79. The molecule has 0 bridgehead atoms. The molecule has 0 aliphatic carbocycles. The summed E-state index contributed by atoms with van der Waals surface area (Å²) in [7, 11) is 0. The molecule has 0 amide bonds. The third kappa shape index (κ3) is 3.65. The highest BCUT2D eigenvalue weighted by molar-refractivity contribution is 7.11. The van der Waals surface area contributed by atoms with Crippen LogP contribution in [0.2, 0.25) is 0 Å². The van der Waals surface area contributed by atoms with Gasteiger partial charge < -0.3 is 5.32 Å². The summed E-state index contributed by atoms with van der Waals surface area (Å²) < 4.78 is 0. The van der Waals surface area contributed by atoms with Crippen molar-refractivity contribution in [2.45, 2.75) is 33.2 Å². The zero-order chi connectivity index (χ0) is 12.8. The largest absolute Gasteiger partial charge is 0.311 e. The predicted molar refractivity (Wildman–Crippen MR) is 78.1 cm³/mol. The molecule has 1 aromatic carbocycles. The number of rotatable bonds is 6. The molecule has 0 aliphatic heterocycles. The van der Waals surface area contributed by atoms with Crippen LogP contribution in [0.1, 0.15) is 27.9 Å². The first-order valence-electron chi connectivity index (χ1n) is 6.48. The Bertz CT molecular complexity index is 491. The second-order valence-corrected chi connectivity index (χ2v) is 5.63. The third-order valence-electron chi connectivity index (χ3n) is 3.04. The lowest BCUT2D eigenvalue weighted by atomic mass is 10.1. The maximum Gasteiger partial charge on any atom is 0.0925 e. The topological polar surface area (TPSA) is 24.9 Å². The highest BCUT2D eigenvalue weighted by Crippen LogP contribution is 2.13. The number of aromatic nitrogens is 1. The summed E-state index contributed by atoms with van der Waals surface area (Å²) in [5.41, 5.74) is 2.81. The van der Waals surface area contributed by atoms with E-state index in [2.05, 4.69) is 48.4 Å². The summed E-state index contributed by atoms with van der Waals surface area (Å²) in [5, 5.41) is 4.71. The Hall–Kier alpha value is -1.19. The molecular formula is C15H20N2S. The van der Waals surface area contributed by atoms with Crippen molar-refractivity contribution in [2.75, 3.05) is 6.54 Å². The van der Waals surface area contributed by atoms with Gasteiger partial charge in [0.25, 0.3) is 0 Å². The van der Waals surface area contributed by atoms with E-state index in [1.807, 2.05) is 17.5 Å². The van der Waals surface area contributed by atoms with Crippen LogP contribution in [-0.2, 0) is 19.4 Å². The van der Waals surface area contributed by atoms with E-state index in [1.54, 1.807) is 0 Å². The van der Waals surface area contributed by atoms with Crippen LogP contribution in [0, 0.1) is 6.92 Å². The molecule has 2 rings (SSSR count). The predicted octanol–water partition coefficient (Wildman–Crippen LogP) is 3.35. The molecule has 2 nitrogen and oxygen atoms in total.